The second-order valence-electron chi connectivity index (χ2n) is 4.07. The number of hydrogen-bond acceptors (Lipinski definition) is 2. The lowest BCUT2D eigenvalue weighted by Gasteiger charge is -2.18. The van der Waals surface area contributed by atoms with E-state index in [0.717, 1.165) is 19.5 Å². The highest BCUT2D eigenvalue weighted by molar-refractivity contribution is 5.76. The minimum atomic E-state index is 0.181. The number of carbonyl (C=O) groups excluding carboxylic acids is 1. The molecule has 0 saturated heterocycles. The third kappa shape index (κ3) is 5.97. The Hall–Kier alpha value is -0.570. The summed E-state index contributed by atoms with van der Waals surface area (Å²) < 4.78 is 0. The molecule has 0 bridgehead atoms. The zero-order chi connectivity index (χ0) is 11.0. The van der Waals surface area contributed by atoms with Gasteiger partial charge >= 0.3 is 0 Å². The van der Waals surface area contributed by atoms with E-state index >= 15 is 0 Å². The average molecular weight is 200 g/mol. The highest BCUT2D eigenvalue weighted by atomic mass is 16.1. The van der Waals surface area contributed by atoms with Crippen LogP contribution in [0.2, 0.25) is 0 Å². The fraction of sp³-hybridized carbons (Fsp3) is 0.909. The Kier molecular flexibility index (Phi) is 7.48. The molecule has 1 atom stereocenters. The van der Waals surface area contributed by atoms with Crippen LogP contribution in [-0.2, 0) is 4.79 Å². The molecule has 0 fully saturated rings. The lowest BCUT2D eigenvalue weighted by atomic mass is 9.90. The Morgan fingerprint density at radius 3 is 2.36 bits per heavy atom. The first-order valence-corrected chi connectivity index (χ1v) is 5.53. The lowest BCUT2D eigenvalue weighted by Crippen LogP contribution is -2.32. The molecule has 0 aliphatic carbocycles. The molecular weight excluding hydrogens is 176 g/mol. The van der Waals surface area contributed by atoms with Crippen LogP contribution in [0.15, 0.2) is 0 Å². The third-order valence-electron chi connectivity index (χ3n) is 2.61. The van der Waals surface area contributed by atoms with Crippen molar-refractivity contribution in [3.05, 3.63) is 0 Å². The number of hydrogen-bond donors (Lipinski definition) is 2. The van der Waals surface area contributed by atoms with Gasteiger partial charge in [-0.15, -0.1) is 0 Å². The smallest absolute Gasteiger partial charge is 0.220 e. The largest absolute Gasteiger partial charge is 0.355 e. The van der Waals surface area contributed by atoms with Gasteiger partial charge in [-0.1, -0.05) is 27.2 Å². The van der Waals surface area contributed by atoms with Crippen LogP contribution in [0.5, 0.6) is 0 Å². The Morgan fingerprint density at radius 1 is 1.29 bits per heavy atom. The Morgan fingerprint density at radius 2 is 1.93 bits per heavy atom. The second kappa shape index (κ2) is 7.80. The van der Waals surface area contributed by atoms with Crippen LogP contribution in [0, 0.1) is 11.8 Å². The molecule has 0 aromatic carbocycles. The Bertz CT molecular complexity index is 157. The van der Waals surface area contributed by atoms with Crippen LogP contribution >= 0.6 is 0 Å². The zero-order valence-corrected chi connectivity index (χ0v) is 9.89. The molecule has 0 aromatic heterocycles. The van der Waals surface area contributed by atoms with Crippen LogP contribution < -0.4 is 10.6 Å². The maximum atomic E-state index is 11.5. The highest BCUT2D eigenvalue weighted by Gasteiger charge is 2.14. The monoisotopic (exact) mass is 200 g/mol. The molecule has 0 aromatic rings. The van der Waals surface area contributed by atoms with Gasteiger partial charge in [-0.25, -0.2) is 0 Å². The molecule has 0 saturated carbocycles. The van der Waals surface area contributed by atoms with E-state index in [1.165, 1.54) is 0 Å². The topological polar surface area (TPSA) is 41.1 Å². The van der Waals surface area contributed by atoms with E-state index in [0.29, 0.717) is 18.3 Å². The molecule has 84 valence electrons. The standard InChI is InChI=1S/C11H24N2O/c1-5-10(9(2)3)8-11(14)13-7-6-12-4/h9-10,12H,5-8H2,1-4H3,(H,13,14). The zero-order valence-electron chi connectivity index (χ0n) is 9.89. The first-order valence-electron chi connectivity index (χ1n) is 5.53. The van der Waals surface area contributed by atoms with Crippen LogP contribution in [0.1, 0.15) is 33.6 Å². The van der Waals surface area contributed by atoms with Crippen molar-refractivity contribution in [1.82, 2.24) is 10.6 Å². The van der Waals surface area contributed by atoms with Gasteiger partial charge < -0.3 is 10.6 Å². The minimum absolute atomic E-state index is 0.181. The van der Waals surface area contributed by atoms with Crippen molar-refractivity contribution < 1.29 is 4.79 Å². The normalized spacial score (nSPS) is 12.9. The van der Waals surface area contributed by atoms with Crippen LogP contribution in [0.3, 0.4) is 0 Å². The summed E-state index contributed by atoms with van der Waals surface area (Å²) in [5.74, 6) is 1.29. The summed E-state index contributed by atoms with van der Waals surface area (Å²) in [6.07, 6.45) is 1.75. The van der Waals surface area contributed by atoms with Crippen molar-refractivity contribution in [1.29, 1.82) is 0 Å². The SMILES string of the molecule is CCC(CC(=O)NCCNC)C(C)C. The summed E-state index contributed by atoms with van der Waals surface area (Å²) in [6.45, 7) is 8.06. The van der Waals surface area contributed by atoms with E-state index in [-0.39, 0.29) is 5.91 Å². The summed E-state index contributed by atoms with van der Waals surface area (Å²) in [5.41, 5.74) is 0. The maximum Gasteiger partial charge on any atom is 0.220 e. The fourth-order valence-corrected chi connectivity index (χ4v) is 1.49. The highest BCUT2D eigenvalue weighted by Crippen LogP contribution is 2.18. The minimum Gasteiger partial charge on any atom is -0.355 e. The van der Waals surface area contributed by atoms with Gasteiger partial charge in [0.25, 0.3) is 0 Å². The predicted octanol–water partition coefficient (Wildman–Crippen LogP) is 1.39. The van der Waals surface area contributed by atoms with E-state index in [9.17, 15) is 4.79 Å². The first kappa shape index (κ1) is 13.4. The number of nitrogens with one attached hydrogen (secondary N) is 2. The van der Waals surface area contributed by atoms with Crippen molar-refractivity contribution in [2.45, 2.75) is 33.6 Å². The predicted molar refractivity (Wildman–Crippen MR) is 60.2 cm³/mol. The van der Waals surface area contributed by atoms with E-state index < -0.39 is 0 Å². The molecule has 1 amide bonds. The van der Waals surface area contributed by atoms with E-state index in [2.05, 4.69) is 31.4 Å². The summed E-state index contributed by atoms with van der Waals surface area (Å²) in [6, 6.07) is 0. The second-order valence-corrected chi connectivity index (χ2v) is 4.07. The molecule has 14 heavy (non-hydrogen) atoms. The third-order valence-corrected chi connectivity index (χ3v) is 2.61. The molecule has 0 aliphatic heterocycles. The van der Waals surface area contributed by atoms with Gasteiger partial charge in [-0.3, -0.25) is 4.79 Å². The molecular formula is C11H24N2O. The lowest BCUT2D eigenvalue weighted by molar-refractivity contribution is -0.122. The van der Waals surface area contributed by atoms with Crippen molar-refractivity contribution in [3.8, 4) is 0 Å². The number of rotatable bonds is 7. The maximum absolute atomic E-state index is 11.5. The van der Waals surface area contributed by atoms with Crippen LogP contribution in [-0.4, -0.2) is 26.0 Å². The van der Waals surface area contributed by atoms with Gasteiger partial charge in [0.05, 0.1) is 0 Å². The van der Waals surface area contributed by atoms with Crippen molar-refractivity contribution >= 4 is 5.91 Å². The van der Waals surface area contributed by atoms with Crippen molar-refractivity contribution in [2.24, 2.45) is 11.8 Å². The Labute approximate surface area is 87.6 Å². The summed E-state index contributed by atoms with van der Waals surface area (Å²) in [5, 5.41) is 5.90. The molecule has 3 nitrogen and oxygen atoms in total. The van der Waals surface area contributed by atoms with Gasteiger partial charge in [-0.2, -0.15) is 0 Å². The fourth-order valence-electron chi connectivity index (χ4n) is 1.49. The van der Waals surface area contributed by atoms with Gasteiger partial charge in [0.15, 0.2) is 0 Å². The molecule has 0 heterocycles. The van der Waals surface area contributed by atoms with Gasteiger partial charge in [0.2, 0.25) is 5.91 Å². The van der Waals surface area contributed by atoms with Gasteiger partial charge in [0, 0.05) is 19.5 Å². The summed E-state index contributed by atoms with van der Waals surface area (Å²) in [7, 11) is 1.88. The van der Waals surface area contributed by atoms with E-state index in [1.54, 1.807) is 0 Å². The molecule has 0 spiro atoms. The van der Waals surface area contributed by atoms with Crippen molar-refractivity contribution in [2.75, 3.05) is 20.1 Å². The molecule has 0 radical (unpaired) electrons. The summed E-state index contributed by atoms with van der Waals surface area (Å²) in [4.78, 5) is 11.5. The first-order chi connectivity index (χ1) is 6.61. The number of carbonyl (C=O) groups is 1. The summed E-state index contributed by atoms with van der Waals surface area (Å²) >= 11 is 0. The number of likely N-dealkylation sites (N-methyl/N-ethyl adjacent to an activating group) is 1. The number of amides is 1. The average Bonchev–Trinajstić information content (AvgIpc) is 2.14. The molecule has 1 unspecified atom stereocenters. The molecule has 2 N–H and O–H groups in total. The van der Waals surface area contributed by atoms with E-state index in [1.807, 2.05) is 7.05 Å². The van der Waals surface area contributed by atoms with Crippen molar-refractivity contribution in [3.63, 3.8) is 0 Å². The Balaban J connectivity index is 3.68. The van der Waals surface area contributed by atoms with Gasteiger partial charge in [0.1, 0.15) is 0 Å². The van der Waals surface area contributed by atoms with Gasteiger partial charge in [-0.05, 0) is 18.9 Å². The van der Waals surface area contributed by atoms with Crippen LogP contribution in [0.4, 0.5) is 0 Å². The molecule has 0 aliphatic rings. The van der Waals surface area contributed by atoms with Crippen LogP contribution in [0.25, 0.3) is 0 Å². The molecule has 0 rings (SSSR count). The quantitative estimate of drug-likeness (QED) is 0.610. The van der Waals surface area contributed by atoms with E-state index in [4.69, 9.17) is 0 Å². The molecule has 3 heteroatoms.